The number of rotatable bonds is 4. The number of fused-ring (bicyclic) bond motifs is 2. The van der Waals surface area contributed by atoms with E-state index in [4.69, 9.17) is 0 Å². The molecular weight excluding hydrogens is 419 g/mol. The van der Waals surface area contributed by atoms with Crippen molar-refractivity contribution in [3.63, 3.8) is 0 Å². The van der Waals surface area contributed by atoms with Crippen LogP contribution in [-0.2, 0) is 0 Å². The van der Waals surface area contributed by atoms with Crippen LogP contribution < -0.4 is 0 Å². The Morgan fingerprint density at radius 2 is 1.38 bits per heavy atom. The van der Waals surface area contributed by atoms with Gasteiger partial charge in [0.05, 0.1) is 26.9 Å². The van der Waals surface area contributed by atoms with Crippen LogP contribution in [0.25, 0.3) is 39.4 Å². The molecule has 0 saturated heterocycles. The van der Waals surface area contributed by atoms with Gasteiger partial charge in [-0.05, 0) is 36.4 Å². The Kier molecular flexibility index (Phi) is 4.29. The maximum absolute atomic E-state index is 13.6. The molecule has 0 radical (unpaired) electrons. The topological polar surface area (TPSA) is 130 Å². The van der Waals surface area contributed by atoms with Gasteiger partial charge in [-0.3, -0.25) is 24.8 Å². The summed E-state index contributed by atoms with van der Waals surface area (Å²) in [7, 11) is 0. The van der Waals surface area contributed by atoms with E-state index in [0.717, 1.165) is 6.07 Å². The Bertz CT molecular complexity index is 1520. The number of imidazole rings is 1. The first kappa shape index (κ1) is 19.2. The molecule has 5 rings (SSSR count). The normalized spacial score (nSPS) is 11.2. The van der Waals surface area contributed by atoms with E-state index in [0.29, 0.717) is 22.4 Å². The van der Waals surface area contributed by atoms with Gasteiger partial charge in [-0.1, -0.05) is 12.1 Å². The summed E-state index contributed by atoms with van der Waals surface area (Å²) in [5, 5.41) is 22.7. The average Bonchev–Trinajstić information content (AvgIpc) is 3.16. The second-order valence-electron chi connectivity index (χ2n) is 6.86. The van der Waals surface area contributed by atoms with E-state index in [1.54, 1.807) is 24.3 Å². The number of nitro groups is 2. The molecule has 32 heavy (non-hydrogen) atoms. The van der Waals surface area contributed by atoms with E-state index in [1.165, 1.54) is 41.0 Å². The summed E-state index contributed by atoms with van der Waals surface area (Å²) in [6.07, 6.45) is 0. The first-order valence-corrected chi connectivity index (χ1v) is 9.26. The standard InChI is InChI=1S/C21H11FN6O4/c22-13-5-7-14(8-6-13)26-20(12-9-15(27(29)30)11-16(10-12)28(31)32)25-19-21(26)24-18-4-2-1-3-17(18)23-19/h1-11H. The molecule has 0 N–H and O–H groups in total. The van der Waals surface area contributed by atoms with Crippen molar-refractivity contribution >= 4 is 33.7 Å². The summed E-state index contributed by atoms with van der Waals surface area (Å²) in [5.41, 5.74) is 1.38. The van der Waals surface area contributed by atoms with Gasteiger partial charge in [0.25, 0.3) is 11.4 Å². The van der Waals surface area contributed by atoms with Crippen molar-refractivity contribution in [2.45, 2.75) is 0 Å². The fourth-order valence-electron chi connectivity index (χ4n) is 3.42. The molecule has 2 aromatic heterocycles. The van der Waals surface area contributed by atoms with Crippen LogP contribution in [0.2, 0.25) is 0 Å². The minimum atomic E-state index is -0.716. The molecule has 3 aromatic carbocycles. The predicted molar refractivity (Wildman–Crippen MR) is 113 cm³/mol. The van der Waals surface area contributed by atoms with Crippen molar-refractivity contribution in [3.8, 4) is 17.1 Å². The average molecular weight is 430 g/mol. The lowest BCUT2D eigenvalue weighted by molar-refractivity contribution is -0.394. The molecule has 0 aliphatic rings. The number of para-hydroxylation sites is 2. The second-order valence-corrected chi connectivity index (χ2v) is 6.86. The second kappa shape index (κ2) is 7.16. The Hall–Kier alpha value is -4.80. The van der Waals surface area contributed by atoms with Crippen molar-refractivity contribution in [3.05, 3.63) is 92.8 Å². The number of non-ortho nitro benzene ring substituents is 2. The maximum Gasteiger partial charge on any atom is 0.277 e. The Morgan fingerprint density at radius 1 is 0.781 bits per heavy atom. The van der Waals surface area contributed by atoms with E-state index >= 15 is 0 Å². The van der Waals surface area contributed by atoms with Crippen LogP contribution in [-0.4, -0.2) is 29.4 Å². The zero-order chi connectivity index (χ0) is 22.4. The van der Waals surface area contributed by atoms with E-state index in [1.807, 2.05) is 0 Å². The van der Waals surface area contributed by atoms with E-state index in [9.17, 15) is 24.6 Å². The van der Waals surface area contributed by atoms with Crippen molar-refractivity contribution in [2.75, 3.05) is 0 Å². The minimum Gasteiger partial charge on any atom is -0.275 e. The maximum atomic E-state index is 13.6. The predicted octanol–water partition coefficient (Wildman–Crippen LogP) is 4.59. The van der Waals surface area contributed by atoms with Crippen LogP contribution in [0.15, 0.2) is 66.7 Å². The molecule has 0 atom stereocenters. The van der Waals surface area contributed by atoms with Gasteiger partial charge in [-0.2, -0.15) is 0 Å². The summed E-state index contributed by atoms with van der Waals surface area (Å²) in [4.78, 5) is 34.9. The first-order valence-electron chi connectivity index (χ1n) is 9.26. The molecule has 0 aliphatic heterocycles. The lowest BCUT2D eigenvalue weighted by atomic mass is 10.1. The molecule has 11 heteroatoms. The Labute approximate surface area is 177 Å². The summed E-state index contributed by atoms with van der Waals surface area (Å²) < 4.78 is 15.1. The summed E-state index contributed by atoms with van der Waals surface area (Å²) >= 11 is 0. The van der Waals surface area contributed by atoms with Crippen molar-refractivity contribution < 1.29 is 14.2 Å². The fourth-order valence-corrected chi connectivity index (χ4v) is 3.42. The van der Waals surface area contributed by atoms with Crippen LogP contribution in [0.4, 0.5) is 15.8 Å². The minimum absolute atomic E-state index is 0.124. The van der Waals surface area contributed by atoms with E-state index in [-0.39, 0.29) is 17.0 Å². The van der Waals surface area contributed by atoms with Gasteiger partial charge in [0.2, 0.25) is 0 Å². The number of halogens is 1. The summed E-state index contributed by atoms with van der Waals surface area (Å²) in [5.74, 6) is -0.309. The number of nitro benzene ring substituents is 2. The zero-order valence-corrected chi connectivity index (χ0v) is 16.0. The van der Waals surface area contributed by atoms with Gasteiger partial charge in [0.15, 0.2) is 11.3 Å². The van der Waals surface area contributed by atoms with Crippen molar-refractivity contribution in [2.24, 2.45) is 0 Å². The third kappa shape index (κ3) is 3.17. The van der Waals surface area contributed by atoms with Gasteiger partial charge >= 0.3 is 0 Å². The molecule has 0 spiro atoms. The Morgan fingerprint density at radius 3 is 1.97 bits per heavy atom. The van der Waals surface area contributed by atoms with Gasteiger partial charge in [-0.15, -0.1) is 0 Å². The lowest BCUT2D eigenvalue weighted by Gasteiger charge is -2.09. The molecule has 156 valence electrons. The highest BCUT2D eigenvalue weighted by atomic mass is 19.1. The third-order valence-corrected chi connectivity index (χ3v) is 4.84. The van der Waals surface area contributed by atoms with E-state index < -0.39 is 27.0 Å². The molecule has 0 bridgehead atoms. The number of hydrogen-bond donors (Lipinski definition) is 0. The molecule has 5 aromatic rings. The molecular formula is C21H11FN6O4. The number of nitrogens with zero attached hydrogens (tertiary/aromatic N) is 6. The third-order valence-electron chi connectivity index (χ3n) is 4.84. The Balaban J connectivity index is 1.87. The molecule has 0 fully saturated rings. The SMILES string of the molecule is O=[N+]([O-])c1cc(-c2nc3nc4ccccc4nc3n2-c2ccc(F)cc2)cc([N+](=O)[O-])c1. The first-order chi connectivity index (χ1) is 15.4. The van der Waals surface area contributed by atoms with Crippen LogP contribution in [0, 0.1) is 26.0 Å². The molecule has 0 unspecified atom stereocenters. The number of benzene rings is 3. The summed E-state index contributed by atoms with van der Waals surface area (Å²) in [6, 6.07) is 15.8. The lowest BCUT2D eigenvalue weighted by Crippen LogP contribution is -2.01. The number of aromatic nitrogens is 4. The quantitative estimate of drug-likeness (QED) is 0.301. The molecule has 0 saturated carbocycles. The largest absolute Gasteiger partial charge is 0.277 e. The van der Waals surface area contributed by atoms with Gasteiger partial charge in [0.1, 0.15) is 11.6 Å². The fraction of sp³-hybridized carbons (Fsp3) is 0. The highest BCUT2D eigenvalue weighted by molar-refractivity contribution is 5.86. The molecule has 0 amide bonds. The molecule has 10 nitrogen and oxygen atoms in total. The van der Waals surface area contributed by atoms with Crippen LogP contribution in [0.3, 0.4) is 0 Å². The van der Waals surface area contributed by atoms with Gasteiger partial charge in [0, 0.05) is 23.4 Å². The monoisotopic (exact) mass is 430 g/mol. The van der Waals surface area contributed by atoms with E-state index in [2.05, 4.69) is 15.0 Å². The highest BCUT2D eigenvalue weighted by Crippen LogP contribution is 2.33. The number of hydrogen-bond acceptors (Lipinski definition) is 7. The van der Waals surface area contributed by atoms with Crippen molar-refractivity contribution in [1.29, 1.82) is 0 Å². The summed E-state index contributed by atoms with van der Waals surface area (Å²) in [6.45, 7) is 0. The molecule has 2 heterocycles. The van der Waals surface area contributed by atoms with Crippen LogP contribution in [0.1, 0.15) is 0 Å². The molecule has 0 aliphatic carbocycles. The smallest absolute Gasteiger partial charge is 0.275 e. The van der Waals surface area contributed by atoms with Crippen molar-refractivity contribution in [1.82, 2.24) is 19.5 Å². The highest BCUT2D eigenvalue weighted by Gasteiger charge is 2.23. The van der Waals surface area contributed by atoms with Crippen LogP contribution >= 0.6 is 0 Å². The van der Waals surface area contributed by atoms with Crippen LogP contribution in [0.5, 0.6) is 0 Å². The van der Waals surface area contributed by atoms with Gasteiger partial charge in [-0.25, -0.2) is 19.3 Å². The van der Waals surface area contributed by atoms with Gasteiger partial charge < -0.3 is 0 Å². The zero-order valence-electron chi connectivity index (χ0n) is 16.0.